The molecule has 0 unspecified atom stereocenters. The number of amides is 1. The number of anilines is 1. The average molecular weight is 367 g/mol. The predicted octanol–water partition coefficient (Wildman–Crippen LogP) is 3.11. The Morgan fingerprint density at radius 2 is 1.75 bits per heavy atom. The molecule has 0 aliphatic heterocycles. The monoisotopic (exact) mass is 366 g/mol. The minimum absolute atomic E-state index is 0.00429. The van der Waals surface area contributed by atoms with Crippen LogP contribution in [0.15, 0.2) is 58.3 Å². The van der Waals surface area contributed by atoms with Crippen molar-refractivity contribution in [2.75, 3.05) is 11.9 Å². The Balaban J connectivity index is 2.27. The standard InChI is InChI=1S/C17H19ClN2O3S/c1-12(2)20-16(21)11-19-14-9-6-10-15(17(14)18)24(22,23)13-7-4-3-5-8-13/h3-10,12,19H,11H2,1-2H3,(H,20,21). The van der Waals surface area contributed by atoms with Crippen molar-refractivity contribution in [2.24, 2.45) is 0 Å². The quantitative estimate of drug-likeness (QED) is 0.823. The lowest BCUT2D eigenvalue weighted by atomic mass is 10.3. The first-order valence-corrected chi connectivity index (χ1v) is 9.30. The van der Waals surface area contributed by atoms with E-state index >= 15 is 0 Å². The van der Waals surface area contributed by atoms with Gasteiger partial charge in [-0.15, -0.1) is 0 Å². The number of carbonyl (C=O) groups is 1. The summed E-state index contributed by atoms with van der Waals surface area (Å²) in [4.78, 5) is 11.9. The number of rotatable bonds is 6. The SMILES string of the molecule is CC(C)NC(=O)CNc1cccc(S(=O)(=O)c2ccccc2)c1Cl. The van der Waals surface area contributed by atoms with E-state index in [-0.39, 0.29) is 33.3 Å². The summed E-state index contributed by atoms with van der Waals surface area (Å²) in [7, 11) is -3.72. The molecule has 0 fully saturated rings. The van der Waals surface area contributed by atoms with Crippen LogP contribution in [0.1, 0.15) is 13.8 Å². The molecule has 5 nitrogen and oxygen atoms in total. The highest BCUT2D eigenvalue weighted by atomic mass is 35.5. The zero-order chi connectivity index (χ0) is 17.7. The molecule has 0 aromatic heterocycles. The zero-order valence-electron chi connectivity index (χ0n) is 13.4. The van der Waals surface area contributed by atoms with Crippen LogP contribution in [0.25, 0.3) is 0 Å². The van der Waals surface area contributed by atoms with Crippen LogP contribution in [0.2, 0.25) is 5.02 Å². The number of hydrogen-bond acceptors (Lipinski definition) is 4. The number of halogens is 1. The molecule has 2 aromatic carbocycles. The molecule has 0 spiro atoms. The fourth-order valence-electron chi connectivity index (χ4n) is 2.13. The van der Waals surface area contributed by atoms with Crippen LogP contribution in [-0.2, 0) is 14.6 Å². The fraction of sp³-hybridized carbons (Fsp3) is 0.235. The van der Waals surface area contributed by atoms with Gasteiger partial charge < -0.3 is 10.6 Å². The Hall–Kier alpha value is -2.05. The summed E-state index contributed by atoms with van der Waals surface area (Å²) in [6, 6.07) is 12.8. The summed E-state index contributed by atoms with van der Waals surface area (Å²) in [5, 5.41) is 5.68. The third kappa shape index (κ3) is 4.27. The van der Waals surface area contributed by atoms with Gasteiger partial charge in [-0.05, 0) is 38.1 Å². The molecule has 0 radical (unpaired) electrons. The predicted molar refractivity (Wildman–Crippen MR) is 95.1 cm³/mol. The van der Waals surface area contributed by atoms with Crippen LogP contribution >= 0.6 is 11.6 Å². The second-order valence-corrected chi connectivity index (χ2v) is 7.81. The van der Waals surface area contributed by atoms with Gasteiger partial charge in [0.2, 0.25) is 15.7 Å². The zero-order valence-corrected chi connectivity index (χ0v) is 15.0. The molecule has 2 aromatic rings. The van der Waals surface area contributed by atoms with E-state index in [1.807, 2.05) is 13.8 Å². The number of carbonyl (C=O) groups excluding carboxylic acids is 1. The van der Waals surface area contributed by atoms with Crippen molar-refractivity contribution in [3.63, 3.8) is 0 Å². The van der Waals surface area contributed by atoms with E-state index in [1.54, 1.807) is 30.3 Å². The molecular weight excluding hydrogens is 348 g/mol. The van der Waals surface area contributed by atoms with E-state index in [4.69, 9.17) is 11.6 Å². The second-order valence-electron chi connectivity index (χ2n) is 5.51. The molecule has 0 bridgehead atoms. The third-order valence-electron chi connectivity index (χ3n) is 3.20. The lowest BCUT2D eigenvalue weighted by molar-refractivity contribution is -0.119. The summed E-state index contributed by atoms with van der Waals surface area (Å²) in [6.07, 6.45) is 0. The van der Waals surface area contributed by atoms with Crippen LogP contribution in [0.4, 0.5) is 5.69 Å². The number of hydrogen-bond donors (Lipinski definition) is 2. The Bertz CT molecular complexity index is 821. The Morgan fingerprint density at radius 3 is 2.38 bits per heavy atom. The smallest absolute Gasteiger partial charge is 0.239 e. The topological polar surface area (TPSA) is 75.3 Å². The maximum atomic E-state index is 12.7. The summed E-state index contributed by atoms with van der Waals surface area (Å²) in [5.74, 6) is -0.197. The maximum Gasteiger partial charge on any atom is 0.239 e. The van der Waals surface area contributed by atoms with Gasteiger partial charge in [-0.2, -0.15) is 0 Å². The van der Waals surface area contributed by atoms with Crippen LogP contribution in [0.5, 0.6) is 0 Å². The number of benzene rings is 2. The minimum Gasteiger partial charge on any atom is -0.375 e. The van der Waals surface area contributed by atoms with Crippen LogP contribution in [-0.4, -0.2) is 26.9 Å². The first-order chi connectivity index (χ1) is 11.3. The van der Waals surface area contributed by atoms with Gasteiger partial charge in [0.05, 0.1) is 27.0 Å². The summed E-state index contributed by atoms with van der Waals surface area (Å²) >= 11 is 6.26. The summed E-state index contributed by atoms with van der Waals surface area (Å²) in [6.45, 7) is 3.72. The van der Waals surface area contributed by atoms with E-state index in [0.717, 1.165) is 0 Å². The molecule has 0 saturated carbocycles. The van der Waals surface area contributed by atoms with Gasteiger partial charge in [0.15, 0.2) is 0 Å². The molecule has 0 saturated heterocycles. The van der Waals surface area contributed by atoms with Crippen molar-refractivity contribution in [1.29, 1.82) is 0 Å². The highest BCUT2D eigenvalue weighted by Gasteiger charge is 2.22. The first-order valence-electron chi connectivity index (χ1n) is 7.44. The molecule has 0 atom stereocenters. The molecule has 0 heterocycles. The number of sulfone groups is 1. The van der Waals surface area contributed by atoms with Crippen molar-refractivity contribution in [1.82, 2.24) is 5.32 Å². The molecule has 7 heteroatoms. The van der Waals surface area contributed by atoms with Gasteiger partial charge in [0, 0.05) is 6.04 Å². The van der Waals surface area contributed by atoms with Crippen molar-refractivity contribution in [3.05, 3.63) is 53.6 Å². The van der Waals surface area contributed by atoms with Crippen molar-refractivity contribution in [3.8, 4) is 0 Å². The minimum atomic E-state index is -3.72. The van der Waals surface area contributed by atoms with Crippen LogP contribution in [0, 0.1) is 0 Å². The van der Waals surface area contributed by atoms with Gasteiger partial charge in [-0.3, -0.25) is 4.79 Å². The van der Waals surface area contributed by atoms with Gasteiger partial charge in [-0.25, -0.2) is 8.42 Å². The van der Waals surface area contributed by atoms with Crippen LogP contribution in [0.3, 0.4) is 0 Å². The molecule has 2 N–H and O–H groups in total. The lowest BCUT2D eigenvalue weighted by Crippen LogP contribution is -2.34. The van der Waals surface area contributed by atoms with Gasteiger partial charge in [-0.1, -0.05) is 35.9 Å². The van der Waals surface area contributed by atoms with E-state index in [2.05, 4.69) is 10.6 Å². The molecule has 1 amide bonds. The average Bonchev–Trinajstić information content (AvgIpc) is 2.54. The molecule has 2 rings (SSSR count). The number of nitrogens with one attached hydrogen (secondary N) is 2. The highest BCUT2D eigenvalue weighted by molar-refractivity contribution is 7.91. The van der Waals surface area contributed by atoms with Gasteiger partial charge in [0.25, 0.3) is 0 Å². The van der Waals surface area contributed by atoms with E-state index in [0.29, 0.717) is 5.69 Å². The fourth-order valence-corrected chi connectivity index (χ4v) is 4.00. The Labute approximate surface area is 147 Å². The first kappa shape index (κ1) is 18.3. The van der Waals surface area contributed by atoms with Gasteiger partial charge in [0.1, 0.15) is 0 Å². The Kier molecular flexibility index (Phi) is 5.85. The molecular formula is C17H19ClN2O3S. The maximum absolute atomic E-state index is 12.7. The molecule has 24 heavy (non-hydrogen) atoms. The van der Waals surface area contributed by atoms with Crippen molar-refractivity contribution < 1.29 is 13.2 Å². The molecule has 128 valence electrons. The largest absolute Gasteiger partial charge is 0.375 e. The van der Waals surface area contributed by atoms with Crippen molar-refractivity contribution >= 4 is 33.0 Å². The van der Waals surface area contributed by atoms with Crippen LogP contribution < -0.4 is 10.6 Å². The van der Waals surface area contributed by atoms with E-state index in [1.165, 1.54) is 18.2 Å². The van der Waals surface area contributed by atoms with E-state index in [9.17, 15) is 13.2 Å². The Morgan fingerprint density at radius 1 is 1.08 bits per heavy atom. The molecule has 0 aliphatic rings. The van der Waals surface area contributed by atoms with Crippen molar-refractivity contribution in [2.45, 2.75) is 29.7 Å². The van der Waals surface area contributed by atoms with Gasteiger partial charge >= 0.3 is 0 Å². The normalized spacial score (nSPS) is 11.3. The third-order valence-corrected chi connectivity index (χ3v) is 5.53. The lowest BCUT2D eigenvalue weighted by Gasteiger charge is -2.13. The summed E-state index contributed by atoms with van der Waals surface area (Å²) in [5.41, 5.74) is 0.396. The second kappa shape index (κ2) is 7.68. The molecule has 0 aliphatic carbocycles. The summed E-state index contributed by atoms with van der Waals surface area (Å²) < 4.78 is 25.4. The van der Waals surface area contributed by atoms with E-state index < -0.39 is 9.84 Å². The highest BCUT2D eigenvalue weighted by Crippen LogP contribution is 2.32.